The van der Waals surface area contributed by atoms with Crippen molar-refractivity contribution in [3.8, 4) is 5.75 Å². The van der Waals surface area contributed by atoms with Gasteiger partial charge in [-0.05, 0) is 12.1 Å². The predicted molar refractivity (Wildman–Crippen MR) is 51.6 cm³/mol. The number of ether oxygens (including phenoxy) is 1. The first-order chi connectivity index (χ1) is 6.19. The van der Waals surface area contributed by atoms with E-state index in [1.165, 1.54) is 7.11 Å². The van der Waals surface area contributed by atoms with Crippen molar-refractivity contribution >= 4 is 15.9 Å². The third kappa shape index (κ3) is 2.42. The van der Waals surface area contributed by atoms with Crippen LogP contribution in [-0.4, -0.2) is 18.8 Å². The number of alkyl halides is 1. The summed E-state index contributed by atoms with van der Waals surface area (Å²) >= 11 is 3.24. The lowest BCUT2D eigenvalue weighted by molar-refractivity contribution is 0.176. The van der Waals surface area contributed by atoms with Crippen molar-refractivity contribution in [2.45, 2.75) is 6.17 Å². The minimum absolute atomic E-state index is 0.369. The Morgan fingerprint density at radius 2 is 2.31 bits per heavy atom. The third-order valence-corrected chi connectivity index (χ3v) is 2.19. The Labute approximate surface area is 84.5 Å². The van der Waals surface area contributed by atoms with Crippen molar-refractivity contribution in [3.05, 3.63) is 28.2 Å². The number of aliphatic hydroxyl groups is 1. The van der Waals surface area contributed by atoms with Crippen molar-refractivity contribution in [2.24, 2.45) is 0 Å². The summed E-state index contributed by atoms with van der Waals surface area (Å²) in [6, 6.07) is 4.96. The molecule has 1 atom stereocenters. The minimum Gasteiger partial charge on any atom is -0.496 e. The molecule has 0 amide bonds. The zero-order valence-electron chi connectivity index (χ0n) is 7.13. The Kier molecular flexibility index (Phi) is 3.69. The van der Waals surface area contributed by atoms with Gasteiger partial charge in [0.15, 0.2) is 6.17 Å². The highest BCUT2D eigenvalue weighted by atomic mass is 79.9. The molecular formula is C9H10BrFO2. The molecule has 0 unspecified atom stereocenters. The molecule has 1 aromatic carbocycles. The number of benzene rings is 1. The summed E-state index contributed by atoms with van der Waals surface area (Å²) in [7, 11) is 1.47. The second-order valence-corrected chi connectivity index (χ2v) is 3.45. The first-order valence-electron chi connectivity index (χ1n) is 3.77. The van der Waals surface area contributed by atoms with Crippen molar-refractivity contribution in [1.29, 1.82) is 0 Å². The van der Waals surface area contributed by atoms with Crippen LogP contribution in [0, 0.1) is 0 Å². The fourth-order valence-electron chi connectivity index (χ4n) is 1.04. The summed E-state index contributed by atoms with van der Waals surface area (Å²) in [4.78, 5) is 0. The standard InChI is InChI=1S/C9H10BrFO2/c1-13-9-4-6(10)2-3-7(9)8(11)5-12/h2-4,8,12H,5H2,1H3/t8-/m0/s1. The van der Waals surface area contributed by atoms with Gasteiger partial charge in [-0.15, -0.1) is 0 Å². The number of aliphatic hydroxyl groups excluding tert-OH is 1. The molecule has 0 aliphatic rings. The van der Waals surface area contributed by atoms with E-state index in [-0.39, 0.29) is 0 Å². The summed E-state index contributed by atoms with van der Waals surface area (Å²) in [6.07, 6.45) is -1.39. The van der Waals surface area contributed by atoms with Crippen LogP contribution in [0.5, 0.6) is 5.75 Å². The van der Waals surface area contributed by atoms with Crippen molar-refractivity contribution < 1.29 is 14.2 Å². The largest absolute Gasteiger partial charge is 0.496 e. The van der Waals surface area contributed by atoms with E-state index in [1.807, 2.05) is 0 Å². The monoisotopic (exact) mass is 248 g/mol. The molecule has 0 spiro atoms. The Hall–Kier alpha value is -0.610. The molecule has 0 fully saturated rings. The highest BCUT2D eigenvalue weighted by Gasteiger charge is 2.13. The van der Waals surface area contributed by atoms with Crippen LogP contribution in [0.2, 0.25) is 0 Å². The van der Waals surface area contributed by atoms with Crippen molar-refractivity contribution in [1.82, 2.24) is 0 Å². The lowest BCUT2D eigenvalue weighted by Crippen LogP contribution is -2.00. The van der Waals surface area contributed by atoms with Gasteiger partial charge in [-0.3, -0.25) is 0 Å². The van der Waals surface area contributed by atoms with Gasteiger partial charge in [-0.1, -0.05) is 22.0 Å². The van der Waals surface area contributed by atoms with Crippen LogP contribution in [0.4, 0.5) is 4.39 Å². The van der Waals surface area contributed by atoms with E-state index < -0.39 is 12.8 Å². The van der Waals surface area contributed by atoms with Crippen LogP contribution < -0.4 is 4.74 Å². The predicted octanol–water partition coefficient (Wildman–Crippen LogP) is 2.46. The zero-order valence-corrected chi connectivity index (χ0v) is 8.71. The van der Waals surface area contributed by atoms with Gasteiger partial charge in [-0.2, -0.15) is 0 Å². The Balaban J connectivity index is 3.05. The van der Waals surface area contributed by atoms with E-state index in [0.29, 0.717) is 11.3 Å². The summed E-state index contributed by atoms with van der Waals surface area (Å²) in [5.74, 6) is 0.441. The van der Waals surface area contributed by atoms with Gasteiger partial charge in [-0.25, -0.2) is 4.39 Å². The second kappa shape index (κ2) is 4.58. The van der Waals surface area contributed by atoms with Gasteiger partial charge < -0.3 is 9.84 Å². The first-order valence-corrected chi connectivity index (χ1v) is 4.56. The zero-order chi connectivity index (χ0) is 9.84. The van der Waals surface area contributed by atoms with Gasteiger partial charge in [0, 0.05) is 10.0 Å². The molecule has 0 saturated heterocycles. The molecule has 13 heavy (non-hydrogen) atoms. The molecule has 0 radical (unpaired) electrons. The molecule has 1 rings (SSSR count). The maximum Gasteiger partial charge on any atom is 0.152 e. The van der Waals surface area contributed by atoms with Crippen LogP contribution >= 0.6 is 15.9 Å². The van der Waals surface area contributed by atoms with Gasteiger partial charge in [0.1, 0.15) is 5.75 Å². The van der Waals surface area contributed by atoms with Gasteiger partial charge in [0.25, 0.3) is 0 Å². The third-order valence-electron chi connectivity index (χ3n) is 1.69. The van der Waals surface area contributed by atoms with Crippen LogP contribution in [0.1, 0.15) is 11.7 Å². The van der Waals surface area contributed by atoms with E-state index in [2.05, 4.69) is 15.9 Å². The first kappa shape index (κ1) is 10.5. The number of hydrogen-bond acceptors (Lipinski definition) is 2. The highest BCUT2D eigenvalue weighted by Crippen LogP contribution is 2.30. The second-order valence-electron chi connectivity index (χ2n) is 2.54. The van der Waals surface area contributed by atoms with E-state index in [1.54, 1.807) is 18.2 Å². The maximum atomic E-state index is 13.1. The molecule has 0 heterocycles. The maximum absolute atomic E-state index is 13.1. The lowest BCUT2D eigenvalue weighted by atomic mass is 10.1. The smallest absolute Gasteiger partial charge is 0.152 e. The summed E-state index contributed by atoms with van der Waals surface area (Å²) < 4.78 is 18.9. The number of halogens is 2. The molecule has 1 N–H and O–H groups in total. The fraction of sp³-hybridized carbons (Fsp3) is 0.333. The quantitative estimate of drug-likeness (QED) is 0.891. The minimum atomic E-state index is -1.39. The number of rotatable bonds is 3. The molecule has 1 aromatic rings. The Morgan fingerprint density at radius 3 is 2.85 bits per heavy atom. The molecule has 2 nitrogen and oxygen atoms in total. The fourth-order valence-corrected chi connectivity index (χ4v) is 1.38. The Morgan fingerprint density at radius 1 is 1.62 bits per heavy atom. The number of methoxy groups -OCH3 is 1. The number of hydrogen-bond donors (Lipinski definition) is 1. The van der Waals surface area contributed by atoms with E-state index in [4.69, 9.17) is 9.84 Å². The van der Waals surface area contributed by atoms with E-state index in [0.717, 1.165) is 4.47 Å². The van der Waals surface area contributed by atoms with Crippen LogP contribution in [0.25, 0.3) is 0 Å². The normalized spacial score (nSPS) is 12.6. The Bertz CT molecular complexity index is 291. The summed E-state index contributed by atoms with van der Waals surface area (Å²) in [5.41, 5.74) is 0.369. The lowest BCUT2D eigenvalue weighted by Gasteiger charge is -2.10. The van der Waals surface area contributed by atoms with Crippen molar-refractivity contribution in [2.75, 3.05) is 13.7 Å². The van der Waals surface area contributed by atoms with Crippen LogP contribution in [-0.2, 0) is 0 Å². The van der Waals surface area contributed by atoms with E-state index >= 15 is 0 Å². The van der Waals surface area contributed by atoms with Crippen LogP contribution in [0.15, 0.2) is 22.7 Å². The summed E-state index contributed by atoms with van der Waals surface area (Å²) in [5, 5.41) is 8.64. The topological polar surface area (TPSA) is 29.5 Å². The molecule has 0 aromatic heterocycles. The average Bonchev–Trinajstić information content (AvgIpc) is 2.16. The SMILES string of the molecule is COc1cc(Br)ccc1[C@@H](F)CO. The molecular weight excluding hydrogens is 239 g/mol. The molecule has 4 heteroatoms. The molecule has 0 aliphatic carbocycles. The van der Waals surface area contributed by atoms with Gasteiger partial charge in [0.2, 0.25) is 0 Å². The molecule has 0 saturated carbocycles. The average molecular weight is 249 g/mol. The van der Waals surface area contributed by atoms with Crippen LogP contribution in [0.3, 0.4) is 0 Å². The molecule has 0 bridgehead atoms. The van der Waals surface area contributed by atoms with Gasteiger partial charge in [0.05, 0.1) is 13.7 Å². The van der Waals surface area contributed by atoms with E-state index in [9.17, 15) is 4.39 Å². The van der Waals surface area contributed by atoms with Crippen molar-refractivity contribution in [3.63, 3.8) is 0 Å². The molecule has 72 valence electrons. The molecule has 0 aliphatic heterocycles. The van der Waals surface area contributed by atoms with Gasteiger partial charge >= 0.3 is 0 Å². The summed E-state index contributed by atoms with van der Waals surface area (Å²) in [6.45, 7) is -0.530. The highest BCUT2D eigenvalue weighted by molar-refractivity contribution is 9.10.